The molecule has 168 valence electrons. The van der Waals surface area contributed by atoms with Gasteiger partial charge >= 0.3 is 6.09 Å². The fourth-order valence-electron chi connectivity index (χ4n) is 3.15. The lowest BCUT2D eigenvalue weighted by molar-refractivity contribution is 0.0245. The number of hydrogen-bond acceptors (Lipinski definition) is 5. The number of amides is 2. The van der Waals surface area contributed by atoms with Crippen molar-refractivity contribution in [2.75, 3.05) is 11.9 Å². The summed E-state index contributed by atoms with van der Waals surface area (Å²) in [6, 6.07) is 12.9. The highest BCUT2D eigenvalue weighted by atomic mass is 16.6. The summed E-state index contributed by atoms with van der Waals surface area (Å²) in [5.74, 6) is 0.359. The van der Waals surface area contributed by atoms with Crippen molar-refractivity contribution in [2.45, 2.75) is 46.8 Å². The Kier molecular flexibility index (Phi) is 6.92. The van der Waals surface area contributed by atoms with Crippen molar-refractivity contribution in [3.63, 3.8) is 0 Å². The fraction of sp³-hybridized carbons (Fsp3) is 0.333. The average molecular weight is 436 g/mol. The molecule has 32 heavy (non-hydrogen) atoms. The Hall–Kier alpha value is -3.68. The van der Waals surface area contributed by atoms with E-state index in [1.165, 1.54) is 6.20 Å². The van der Waals surface area contributed by atoms with Gasteiger partial charge in [0.05, 0.1) is 24.0 Å². The summed E-state index contributed by atoms with van der Waals surface area (Å²) in [5, 5.41) is 7.27. The highest BCUT2D eigenvalue weighted by Crippen LogP contribution is 2.21. The Morgan fingerprint density at radius 1 is 1.12 bits per heavy atom. The van der Waals surface area contributed by atoms with Crippen molar-refractivity contribution in [1.82, 2.24) is 19.7 Å². The Bertz CT molecular complexity index is 1090. The predicted octanol–water partition coefficient (Wildman–Crippen LogP) is 4.59. The highest BCUT2D eigenvalue weighted by Gasteiger charge is 2.23. The first-order valence-electron chi connectivity index (χ1n) is 10.5. The minimum Gasteiger partial charge on any atom is -0.444 e. The van der Waals surface area contributed by atoms with Crippen LogP contribution in [0.4, 0.5) is 10.5 Å². The van der Waals surface area contributed by atoms with Gasteiger partial charge in [0, 0.05) is 18.4 Å². The number of anilines is 1. The molecule has 2 amide bonds. The number of nitrogens with zero attached hydrogens (tertiary/aromatic N) is 4. The second-order valence-corrected chi connectivity index (χ2v) is 8.35. The molecule has 0 bridgehead atoms. The summed E-state index contributed by atoms with van der Waals surface area (Å²) >= 11 is 0. The first kappa shape index (κ1) is 23.0. The molecule has 3 rings (SSSR count). The van der Waals surface area contributed by atoms with Crippen molar-refractivity contribution in [3.8, 4) is 5.82 Å². The maximum absolute atomic E-state index is 13.0. The Labute approximate surface area is 188 Å². The number of aromatic nitrogens is 3. The van der Waals surface area contributed by atoms with E-state index in [-0.39, 0.29) is 5.91 Å². The molecule has 0 aliphatic heterocycles. The Morgan fingerprint density at radius 2 is 1.84 bits per heavy atom. The van der Waals surface area contributed by atoms with E-state index in [2.05, 4.69) is 15.4 Å². The smallest absolute Gasteiger partial charge is 0.410 e. The highest BCUT2D eigenvalue weighted by molar-refractivity contribution is 6.05. The number of rotatable bonds is 6. The standard InChI is InChI=1S/C24H29N5O3/c1-6-28(23(31)32-24(3,4)5)16-18-11-7-8-12-20(18)27-22(30)19-15-26-29(17(19)2)21-13-9-10-14-25-21/h7-15H,6,16H2,1-5H3,(H,27,30). The molecular formula is C24H29N5O3. The second kappa shape index (κ2) is 9.64. The van der Waals surface area contributed by atoms with E-state index in [0.29, 0.717) is 35.9 Å². The topological polar surface area (TPSA) is 89.4 Å². The van der Waals surface area contributed by atoms with Gasteiger partial charge in [-0.25, -0.2) is 14.5 Å². The van der Waals surface area contributed by atoms with Crippen LogP contribution in [0.5, 0.6) is 0 Å². The lowest BCUT2D eigenvalue weighted by Gasteiger charge is -2.27. The molecule has 0 fully saturated rings. The second-order valence-electron chi connectivity index (χ2n) is 8.35. The third-order valence-electron chi connectivity index (χ3n) is 4.78. The van der Waals surface area contributed by atoms with Gasteiger partial charge in [0.2, 0.25) is 0 Å². The first-order valence-corrected chi connectivity index (χ1v) is 10.5. The largest absolute Gasteiger partial charge is 0.444 e. The molecule has 1 aromatic carbocycles. The van der Waals surface area contributed by atoms with E-state index in [1.807, 2.05) is 77.1 Å². The van der Waals surface area contributed by atoms with Gasteiger partial charge < -0.3 is 15.0 Å². The van der Waals surface area contributed by atoms with Crippen LogP contribution < -0.4 is 5.32 Å². The fourth-order valence-corrected chi connectivity index (χ4v) is 3.15. The van der Waals surface area contributed by atoms with E-state index < -0.39 is 11.7 Å². The summed E-state index contributed by atoms with van der Waals surface area (Å²) in [5.41, 5.74) is 1.99. The molecule has 3 aromatic rings. The molecular weight excluding hydrogens is 406 g/mol. The molecule has 1 N–H and O–H groups in total. The minimum absolute atomic E-state index is 0.280. The van der Waals surface area contributed by atoms with Crippen LogP contribution in [0.3, 0.4) is 0 Å². The van der Waals surface area contributed by atoms with Crippen LogP contribution in [-0.2, 0) is 11.3 Å². The molecule has 2 aromatic heterocycles. The van der Waals surface area contributed by atoms with Crippen molar-refractivity contribution in [2.24, 2.45) is 0 Å². The zero-order valence-corrected chi connectivity index (χ0v) is 19.1. The number of carbonyl (C=O) groups excluding carboxylic acids is 2. The Morgan fingerprint density at radius 3 is 2.50 bits per heavy atom. The molecule has 8 heteroatoms. The molecule has 0 saturated heterocycles. The summed E-state index contributed by atoms with van der Waals surface area (Å²) in [7, 11) is 0. The van der Waals surface area contributed by atoms with Crippen LogP contribution in [0.2, 0.25) is 0 Å². The number of carbonyl (C=O) groups is 2. The number of benzene rings is 1. The molecule has 0 unspecified atom stereocenters. The predicted molar refractivity (Wildman–Crippen MR) is 123 cm³/mol. The van der Waals surface area contributed by atoms with Crippen molar-refractivity contribution < 1.29 is 14.3 Å². The molecule has 0 saturated carbocycles. The average Bonchev–Trinajstić information content (AvgIpc) is 3.13. The Balaban J connectivity index is 1.79. The van der Waals surface area contributed by atoms with Gasteiger partial charge in [-0.15, -0.1) is 0 Å². The molecule has 0 radical (unpaired) electrons. The lowest BCUT2D eigenvalue weighted by atomic mass is 10.1. The van der Waals surface area contributed by atoms with Crippen molar-refractivity contribution in [3.05, 3.63) is 71.7 Å². The van der Waals surface area contributed by atoms with Gasteiger partial charge in [0.25, 0.3) is 5.91 Å². The van der Waals surface area contributed by atoms with Gasteiger partial charge in [-0.3, -0.25) is 4.79 Å². The maximum Gasteiger partial charge on any atom is 0.410 e. The van der Waals surface area contributed by atoms with Crippen LogP contribution >= 0.6 is 0 Å². The number of hydrogen-bond donors (Lipinski definition) is 1. The number of para-hydroxylation sites is 1. The van der Waals surface area contributed by atoms with E-state index in [9.17, 15) is 9.59 Å². The van der Waals surface area contributed by atoms with E-state index >= 15 is 0 Å². The third kappa shape index (κ3) is 5.51. The van der Waals surface area contributed by atoms with E-state index in [4.69, 9.17) is 4.74 Å². The van der Waals surface area contributed by atoms with Crippen LogP contribution in [0.25, 0.3) is 5.82 Å². The molecule has 0 spiro atoms. The zero-order chi connectivity index (χ0) is 23.3. The van der Waals surface area contributed by atoms with E-state index in [0.717, 1.165) is 5.56 Å². The van der Waals surface area contributed by atoms with Crippen molar-refractivity contribution in [1.29, 1.82) is 0 Å². The molecule has 2 heterocycles. The quantitative estimate of drug-likeness (QED) is 0.612. The third-order valence-corrected chi connectivity index (χ3v) is 4.78. The molecule has 0 aliphatic carbocycles. The minimum atomic E-state index is -0.580. The monoisotopic (exact) mass is 435 g/mol. The summed E-state index contributed by atoms with van der Waals surface area (Å²) in [4.78, 5) is 31.4. The van der Waals surface area contributed by atoms with E-state index in [1.54, 1.807) is 15.8 Å². The molecule has 0 atom stereocenters. The summed E-state index contributed by atoms with van der Waals surface area (Å²) < 4.78 is 7.12. The maximum atomic E-state index is 13.0. The summed E-state index contributed by atoms with van der Waals surface area (Å²) in [6.45, 7) is 10.0. The number of nitrogens with one attached hydrogen (secondary N) is 1. The normalized spacial score (nSPS) is 11.2. The number of ether oxygens (including phenoxy) is 1. The van der Waals surface area contributed by atoms with Gasteiger partial charge in [-0.1, -0.05) is 24.3 Å². The van der Waals surface area contributed by atoms with Crippen LogP contribution in [0.1, 0.15) is 49.3 Å². The lowest BCUT2D eigenvalue weighted by Crippen LogP contribution is -2.36. The molecule has 0 aliphatic rings. The van der Waals surface area contributed by atoms with Gasteiger partial charge in [-0.2, -0.15) is 5.10 Å². The van der Waals surface area contributed by atoms with Gasteiger partial charge in [0.15, 0.2) is 5.82 Å². The van der Waals surface area contributed by atoms with Crippen LogP contribution in [-0.4, -0.2) is 43.8 Å². The first-order chi connectivity index (χ1) is 15.2. The van der Waals surface area contributed by atoms with Crippen molar-refractivity contribution >= 4 is 17.7 Å². The zero-order valence-electron chi connectivity index (χ0n) is 19.1. The summed E-state index contributed by atoms with van der Waals surface area (Å²) in [6.07, 6.45) is 2.81. The van der Waals surface area contributed by atoms with Gasteiger partial charge in [-0.05, 0) is 58.4 Å². The van der Waals surface area contributed by atoms with Crippen LogP contribution in [0, 0.1) is 6.92 Å². The SMILES string of the molecule is CCN(Cc1ccccc1NC(=O)c1cnn(-c2ccccn2)c1C)C(=O)OC(C)(C)C. The van der Waals surface area contributed by atoms with Gasteiger partial charge in [0.1, 0.15) is 5.60 Å². The van der Waals surface area contributed by atoms with Crippen LogP contribution in [0.15, 0.2) is 54.9 Å². The number of pyridine rings is 1. The molecule has 8 nitrogen and oxygen atoms in total.